The Balaban J connectivity index is 2.33. The molecule has 0 unspecified atom stereocenters. The zero-order chi connectivity index (χ0) is 9.26. The van der Waals surface area contributed by atoms with Crippen molar-refractivity contribution in [3.05, 3.63) is 21.7 Å². The largest absolute Gasteiger partial charge is 0.361 e. The third-order valence-corrected chi connectivity index (χ3v) is 2.79. The first-order chi connectivity index (χ1) is 6.33. The number of H-pyrrole nitrogens is 1. The molecule has 3 N–H and O–H groups in total. The highest BCUT2D eigenvalue weighted by Crippen LogP contribution is 2.33. The maximum atomic E-state index is 11.1. The van der Waals surface area contributed by atoms with E-state index in [0.717, 1.165) is 18.5 Å². The van der Waals surface area contributed by atoms with E-state index in [4.69, 9.17) is 10.3 Å². The first-order valence-corrected chi connectivity index (χ1v) is 4.73. The summed E-state index contributed by atoms with van der Waals surface area (Å²) in [6.07, 6.45) is 4.76. The molecule has 0 radical (unpaired) electrons. The van der Waals surface area contributed by atoms with Gasteiger partial charge >= 0.3 is 5.63 Å². The molecule has 1 aromatic heterocycles. The van der Waals surface area contributed by atoms with Crippen LogP contribution in [0.1, 0.15) is 42.9 Å². The van der Waals surface area contributed by atoms with E-state index in [0.29, 0.717) is 11.5 Å². The topological polar surface area (TPSA) is 72.0 Å². The van der Waals surface area contributed by atoms with E-state index >= 15 is 0 Å². The van der Waals surface area contributed by atoms with Crippen molar-refractivity contribution in [1.29, 1.82) is 0 Å². The summed E-state index contributed by atoms with van der Waals surface area (Å²) >= 11 is 0. The summed E-state index contributed by atoms with van der Waals surface area (Å²) in [5.41, 5.74) is 6.75. The first kappa shape index (κ1) is 8.56. The molecule has 1 aliphatic rings. The highest BCUT2D eigenvalue weighted by Gasteiger charge is 2.23. The monoisotopic (exact) mass is 182 g/mol. The van der Waals surface area contributed by atoms with Crippen LogP contribution in [0.2, 0.25) is 0 Å². The second kappa shape index (κ2) is 3.38. The Bertz CT molecular complexity index is 334. The van der Waals surface area contributed by atoms with Gasteiger partial charge in [-0.25, -0.2) is 9.95 Å². The average molecular weight is 182 g/mol. The zero-order valence-corrected chi connectivity index (χ0v) is 7.51. The van der Waals surface area contributed by atoms with Gasteiger partial charge in [-0.1, -0.05) is 12.8 Å². The molecule has 0 aromatic carbocycles. The van der Waals surface area contributed by atoms with Crippen molar-refractivity contribution in [3.8, 4) is 0 Å². The Morgan fingerprint density at radius 1 is 1.46 bits per heavy atom. The number of aromatic nitrogens is 1. The van der Waals surface area contributed by atoms with E-state index in [2.05, 4.69) is 5.16 Å². The average Bonchev–Trinajstić information content (AvgIpc) is 2.71. The second-order valence-electron chi connectivity index (χ2n) is 3.57. The van der Waals surface area contributed by atoms with Crippen LogP contribution in [0.25, 0.3) is 0 Å². The van der Waals surface area contributed by atoms with Gasteiger partial charge in [-0.3, -0.25) is 0 Å². The third-order valence-electron chi connectivity index (χ3n) is 2.79. The van der Waals surface area contributed by atoms with Crippen LogP contribution in [0.15, 0.2) is 9.32 Å². The number of rotatable bonds is 2. The molecule has 1 aliphatic carbocycles. The van der Waals surface area contributed by atoms with Crippen molar-refractivity contribution in [3.63, 3.8) is 0 Å². The summed E-state index contributed by atoms with van der Waals surface area (Å²) in [5.74, 6) is 0.463. The molecule has 0 amide bonds. The summed E-state index contributed by atoms with van der Waals surface area (Å²) in [5, 5.41) is 2.70. The van der Waals surface area contributed by atoms with Crippen molar-refractivity contribution in [2.75, 3.05) is 0 Å². The van der Waals surface area contributed by atoms with Gasteiger partial charge in [0.2, 0.25) is 0 Å². The summed E-state index contributed by atoms with van der Waals surface area (Å²) in [7, 11) is 0. The Kier molecular flexibility index (Phi) is 2.22. The fourth-order valence-electron chi connectivity index (χ4n) is 2.07. The summed E-state index contributed by atoms with van der Waals surface area (Å²) in [4.78, 5) is 11.1. The quantitative estimate of drug-likeness (QED) is 0.719. The van der Waals surface area contributed by atoms with E-state index < -0.39 is 0 Å². The zero-order valence-electron chi connectivity index (χ0n) is 7.51. The molecular formula is C9H14N2O2. The number of nitrogens with two attached hydrogens (primary N) is 1. The lowest BCUT2D eigenvalue weighted by molar-refractivity contribution is 0.379. The standard InChI is InChI=1S/C9H14N2O2/c10-5-7-8(11-13-9(7)12)6-3-1-2-4-6/h6,11H,1-5,10H2. The molecule has 1 saturated carbocycles. The molecule has 0 aliphatic heterocycles. The number of hydrogen-bond donors (Lipinski definition) is 2. The van der Waals surface area contributed by atoms with Crippen LogP contribution in [0, 0.1) is 0 Å². The van der Waals surface area contributed by atoms with Crippen LogP contribution >= 0.6 is 0 Å². The fraction of sp³-hybridized carbons (Fsp3) is 0.667. The van der Waals surface area contributed by atoms with Crippen molar-refractivity contribution in [1.82, 2.24) is 5.16 Å². The molecule has 1 aromatic rings. The van der Waals surface area contributed by atoms with Gasteiger partial charge in [-0.2, -0.15) is 0 Å². The first-order valence-electron chi connectivity index (χ1n) is 4.73. The van der Waals surface area contributed by atoms with Crippen LogP contribution < -0.4 is 11.4 Å². The summed E-state index contributed by atoms with van der Waals surface area (Å²) in [6.45, 7) is 0.275. The molecule has 0 atom stereocenters. The SMILES string of the molecule is NCc1c(C2CCCC2)[nH]oc1=O. The number of nitrogens with one attached hydrogen (secondary N) is 1. The van der Waals surface area contributed by atoms with Gasteiger partial charge in [0.1, 0.15) is 0 Å². The highest BCUT2D eigenvalue weighted by atomic mass is 16.5. The molecule has 2 rings (SSSR count). The van der Waals surface area contributed by atoms with Crippen molar-refractivity contribution < 1.29 is 4.52 Å². The normalized spacial score (nSPS) is 18.2. The molecule has 1 fully saturated rings. The molecule has 0 spiro atoms. The highest BCUT2D eigenvalue weighted by molar-refractivity contribution is 5.19. The van der Waals surface area contributed by atoms with Gasteiger partial charge in [0.05, 0.1) is 11.3 Å². The van der Waals surface area contributed by atoms with E-state index in [1.807, 2.05) is 0 Å². The minimum absolute atomic E-state index is 0.275. The van der Waals surface area contributed by atoms with Gasteiger partial charge < -0.3 is 10.3 Å². The molecule has 4 heteroatoms. The Hall–Kier alpha value is -1.03. The van der Waals surface area contributed by atoms with Gasteiger partial charge in [-0.05, 0) is 12.8 Å². The van der Waals surface area contributed by atoms with Crippen LogP contribution in [0.5, 0.6) is 0 Å². The maximum Gasteiger partial charge on any atom is 0.361 e. The second-order valence-corrected chi connectivity index (χ2v) is 3.57. The molecule has 0 bridgehead atoms. The minimum Gasteiger partial charge on any atom is -0.338 e. The van der Waals surface area contributed by atoms with Gasteiger partial charge in [-0.15, -0.1) is 0 Å². The summed E-state index contributed by atoms with van der Waals surface area (Å²) < 4.78 is 4.74. The smallest absolute Gasteiger partial charge is 0.338 e. The lowest BCUT2D eigenvalue weighted by Crippen LogP contribution is -2.11. The minimum atomic E-state index is -0.301. The van der Waals surface area contributed by atoms with E-state index in [1.54, 1.807) is 0 Å². The van der Waals surface area contributed by atoms with Crippen molar-refractivity contribution in [2.45, 2.75) is 38.1 Å². The lowest BCUT2D eigenvalue weighted by atomic mass is 10.0. The number of hydrogen-bond acceptors (Lipinski definition) is 3. The number of aromatic amines is 1. The summed E-state index contributed by atoms with van der Waals surface area (Å²) in [6, 6.07) is 0. The van der Waals surface area contributed by atoms with Gasteiger partial charge in [0.15, 0.2) is 0 Å². The fourth-order valence-corrected chi connectivity index (χ4v) is 2.07. The van der Waals surface area contributed by atoms with Crippen LogP contribution in [0.4, 0.5) is 0 Å². The maximum absolute atomic E-state index is 11.1. The molecule has 1 heterocycles. The van der Waals surface area contributed by atoms with Crippen LogP contribution in [0.3, 0.4) is 0 Å². The third kappa shape index (κ3) is 1.42. The Morgan fingerprint density at radius 3 is 2.77 bits per heavy atom. The van der Waals surface area contributed by atoms with Gasteiger partial charge in [0.25, 0.3) is 0 Å². The lowest BCUT2D eigenvalue weighted by Gasteiger charge is -2.05. The Morgan fingerprint density at radius 2 is 2.15 bits per heavy atom. The molecular weight excluding hydrogens is 168 g/mol. The predicted molar refractivity (Wildman–Crippen MR) is 48.4 cm³/mol. The van der Waals surface area contributed by atoms with E-state index in [1.165, 1.54) is 12.8 Å². The van der Waals surface area contributed by atoms with Crippen molar-refractivity contribution >= 4 is 0 Å². The molecule has 13 heavy (non-hydrogen) atoms. The van der Waals surface area contributed by atoms with Gasteiger partial charge in [0, 0.05) is 12.5 Å². The van der Waals surface area contributed by atoms with Crippen LogP contribution in [-0.2, 0) is 6.54 Å². The van der Waals surface area contributed by atoms with Crippen LogP contribution in [-0.4, -0.2) is 5.16 Å². The van der Waals surface area contributed by atoms with E-state index in [9.17, 15) is 4.79 Å². The molecule has 72 valence electrons. The molecule has 4 nitrogen and oxygen atoms in total. The Labute approximate surface area is 76.1 Å². The van der Waals surface area contributed by atoms with Crippen molar-refractivity contribution in [2.24, 2.45) is 5.73 Å². The molecule has 0 saturated heterocycles. The van der Waals surface area contributed by atoms with E-state index in [-0.39, 0.29) is 12.2 Å². The predicted octanol–water partition coefficient (Wildman–Crippen LogP) is 1.08.